The predicted octanol–water partition coefficient (Wildman–Crippen LogP) is 2.31. The van der Waals surface area contributed by atoms with Crippen LogP contribution in [-0.2, 0) is 19.1 Å². The molecule has 0 saturated carbocycles. The first-order valence-electron chi connectivity index (χ1n) is 5.90. The van der Waals surface area contributed by atoms with Crippen molar-refractivity contribution in [2.75, 3.05) is 13.2 Å². The highest BCUT2D eigenvalue weighted by Crippen LogP contribution is 2.03. The minimum atomic E-state index is -0.162. The molecule has 0 rings (SSSR count). The molecule has 0 spiro atoms. The van der Waals surface area contributed by atoms with Gasteiger partial charge in [0, 0.05) is 6.42 Å². The van der Waals surface area contributed by atoms with Crippen LogP contribution in [-0.4, -0.2) is 25.2 Å². The second-order valence-corrected chi connectivity index (χ2v) is 3.94. The highest BCUT2D eigenvalue weighted by Gasteiger charge is 2.07. The Balaban J connectivity index is 3.28. The van der Waals surface area contributed by atoms with E-state index in [1.54, 1.807) is 6.92 Å². The topological polar surface area (TPSA) is 52.6 Å². The van der Waals surface area contributed by atoms with Crippen molar-refractivity contribution in [3.05, 3.63) is 0 Å². The van der Waals surface area contributed by atoms with E-state index in [0.717, 1.165) is 19.3 Å². The van der Waals surface area contributed by atoms with Crippen LogP contribution in [0.15, 0.2) is 0 Å². The van der Waals surface area contributed by atoms with Crippen LogP contribution in [0.4, 0.5) is 0 Å². The van der Waals surface area contributed by atoms with Gasteiger partial charge in [-0.1, -0.05) is 13.8 Å². The van der Waals surface area contributed by atoms with Gasteiger partial charge in [0.05, 0.1) is 19.1 Å². The molecular formula is C12H22O4. The molecular weight excluding hydrogens is 208 g/mol. The minimum absolute atomic E-state index is 0.0699. The summed E-state index contributed by atoms with van der Waals surface area (Å²) in [6, 6.07) is 0. The Bertz CT molecular complexity index is 211. The SMILES string of the molecule is CCOC(=O)CCCCCOC(=O)C(C)C. The molecule has 0 heterocycles. The lowest BCUT2D eigenvalue weighted by Gasteiger charge is -2.06. The molecule has 0 bridgehead atoms. The zero-order chi connectivity index (χ0) is 12.4. The smallest absolute Gasteiger partial charge is 0.308 e. The molecule has 0 radical (unpaired) electrons. The summed E-state index contributed by atoms with van der Waals surface area (Å²) >= 11 is 0. The maximum absolute atomic E-state index is 11.1. The zero-order valence-electron chi connectivity index (χ0n) is 10.5. The first-order valence-corrected chi connectivity index (χ1v) is 5.90. The summed E-state index contributed by atoms with van der Waals surface area (Å²) in [7, 11) is 0. The third-order valence-corrected chi connectivity index (χ3v) is 2.05. The molecule has 0 aromatic rings. The third kappa shape index (κ3) is 8.26. The highest BCUT2D eigenvalue weighted by molar-refractivity contribution is 5.71. The third-order valence-electron chi connectivity index (χ3n) is 2.05. The maximum atomic E-state index is 11.1. The molecule has 94 valence electrons. The van der Waals surface area contributed by atoms with E-state index < -0.39 is 0 Å². The van der Waals surface area contributed by atoms with Crippen molar-refractivity contribution in [2.45, 2.75) is 46.5 Å². The summed E-state index contributed by atoms with van der Waals surface area (Å²) in [6.45, 7) is 6.29. The Morgan fingerprint density at radius 2 is 1.75 bits per heavy atom. The number of esters is 2. The second kappa shape index (κ2) is 9.19. The van der Waals surface area contributed by atoms with Crippen molar-refractivity contribution in [3.8, 4) is 0 Å². The normalized spacial score (nSPS) is 10.2. The van der Waals surface area contributed by atoms with Crippen molar-refractivity contribution < 1.29 is 19.1 Å². The number of carbonyl (C=O) groups excluding carboxylic acids is 2. The zero-order valence-corrected chi connectivity index (χ0v) is 10.5. The number of carbonyl (C=O) groups is 2. The van der Waals surface area contributed by atoms with E-state index in [2.05, 4.69) is 0 Å². The van der Waals surface area contributed by atoms with Crippen LogP contribution < -0.4 is 0 Å². The number of hydrogen-bond acceptors (Lipinski definition) is 4. The fourth-order valence-electron chi connectivity index (χ4n) is 1.12. The van der Waals surface area contributed by atoms with E-state index >= 15 is 0 Å². The van der Waals surface area contributed by atoms with Gasteiger partial charge in [-0.25, -0.2) is 0 Å². The van der Waals surface area contributed by atoms with Crippen LogP contribution in [0.5, 0.6) is 0 Å². The molecule has 0 atom stereocenters. The predicted molar refractivity (Wildman–Crippen MR) is 60.9 cm³/mol. The summed E-state index contributed by atoms with van der Waals surface area (Å²) in [5, 5.41) is 0. The van der Waals surface area contributed by atoms with E-state index in [-0.39, 0.29) is 17.9 Å². The molecule has 0 aliphatic heterocycles. The van der Waals surface area contributed by atoms with Crippen molar-refractivity contribution in [1.82, 2.24) is 0 Å². The first kappa shape index (κ1) is 14.9. The fourth-order valence-corrected chi connectivity index (χ4v) is 1.12. The summed E-state index contributed by atoms with van der Waals surface area (Å²) in [6.07, 6.45) is 2.92. The van der Waals surface area contributed by atoms with Crippen LogP contribution in [0, 0.1) is 5.92 Å². The average Bonchev–Trinajstić information content (AvgIpc) is 2.23. The number of ether oxygens (including phenoxy) is 2. The quantitative estimate of drug-likeness (QED) is 0.474. The van der Waals surface area contributed by atoms with Gasteiger partial charge in [0.25, 0.3) is 0 Å². The molecule has 16 heavy (non-hydrogen) atoms. The van der Waals surface area contributed by atoms with Crippen molar-refractivity contribution in [3.63, 3.8) is 0 Å². The van der Waals surface area contributed by atoms with E-state index in [0.29, 0.717) is 19.6 Å². The minimum Gasteiger partial charge on any atom is -0.466 e. The molecule has 0 saturated heterocycles. The summed E-state index contributed by atoms with van der Waals surface area (Å²) < 4.78 is 9.80. The Labute approximate surface area is 97.3 Å². The van der Waals surface area contributed by atoms with E-state index in [1.807, 2.05) is 13.8 Å². The van der Waals surface area contributed by atoms with Gasteiger partial charge in [-0.3, -0.25) is 9.59 Å². The second-order valence-electron chi connectivity index (χ2n) is 3.94. The molecule has 0 unspecified atom stereocenters. The highest BCUT2D eigenvalue weighted by atomic mass is 16.5. The summed E-state index contributed by atoms with van der Waals surface area (Å²) in [4.78, 5) is 22.0. The summed E-state index contributed by atoms with van der Waals surface area (Å²) in [5.74, 6) is -0.383. The average molecular weight is 230 g/mol. The van der Waals surface area contributed by atoms with E-state index in [4.69, 9.17) is 9.47 Å². The Morgan fingerprint density at radius 3 is 2.31 bits per heavy atom. The lowest BCUT2D eigenvalue weighted by Crippen LogP contribution is -2.12. The van der Waals surface area contributed by atoms with E-state index in [9.17, 15) is 9.59 Å². The van der Waals surface area contributed by atoms with Crippen LogP contribution in [0.3, 0.4) is 0 Å². The molecule has 4 heteroatoms. The molecule has 0 aromatic carbocycles. The van der Waals surface area contributed by atoms with Gasteiger partial charge in [0.2, 0.25) is 0 Å². The van der Waals surface area contributed by atoms with Gasteiger partial charge < -0.3 is 9.47 Å². The number of unbranched alkanes of at least 4 members (excludes halogenated alkanes) is 2. The van der Waals surface area contributed by atoms with Gasteiger partial charge in [0.15, 0.2) is 0 Å². The molecule has 0 fully saturated rings. The Hall–Kier alpha value is -1.06. The summed E-state index contributed by atoms with van der Waals surface area (Å²) in [5.41, 5.74) is 0. The molecule has 0 amide bonds. The lowest BCUT2D eigenvalue weighted by molar-refractivity contribution is -0.147. The molecule has 0 aliphatic carbocycles. The maximum Gasteiger partial charge on any atom is 0.308 e. The van der Waals surface area contributed by atoms with Crippen LogP contribution in [0.25, 0.3) is 0 Å². The van der Waals surface area contributed by atoms with Crippen molar-refractivity contribution >= 4 is 11.9 Å². The van der Waals surface area contributed by atoms with Crippen LogP contribution in [0.1, 0.15) is 46.5 Å². The Morgan fingerprint density at radius 1 is 1.06 bits per heavy atom. The number of rotatable bonds is 8. The van der Waals surface area contributed by atoms with Gasteiger partial charge in [-0.2, -0.15) is 0 Å². The van der Waals surface area contributed by atoms with Gasteiger partial charge >= 0.3 is 11.9 Å². The first-order chi connectivity index (χ1) is 7.57. The van der Waals surface area contributed by atoms with Gasteiger partial charge in [0.1, 0.15) is 0 Å². The fraction of sp³-hybridized carbons (Fsp3) is 0.833. The monoisotopic (exact) mass is 230 g/mol. The largest absolute Gasteiger partial charge is 0.466 e. The number of hydrogen-bond donors (Lipinski definition) is 0. The van der Waals surface area contributed by atoms with Crippen LogP contribution in [0.2, 0.25) is 0 Å². The molecule has 0 N–H and O–H groups in total. The Kier molecular flexibility index (Phi) is 8.58. The van der Waals surface area contributed by atoms with Crippen LogP contribution >= 0.6 is 0 Å². The standard InChI is InChI=1S/C12H22O4/c1-4-15-11(13)8-6-5-7-9-16-12(14)10(2)3/h10H,4-9H2,1-3H3. The van der Waals surface area contributed by atoms with Crippen molar-refractivity contribution in [1.29, 1.82) is 0 Å². The van der Waals surface area contributed by atoms with E-state index in [1.165, 1.54) is 0 Å². The van der Waals surface area contributed by atoms with Gasteiger partial charge in [-0.15, -0.1) is 0 Å². The molecule has 0 aliphatic rings. The van der Waals surface area contributed by atoms with Crippen molar-refractivity contribution in [2.24, 2.45) is 5.92 Å². The van der Waals surface area contributed by atoms with Gasteiger partial charge in [-0.05, 0) is 26.2 Å². The lowest BCUT2D eigenvalue weighted by atomic mass is 10.2. The molecule has 0 aromatic heterocycles. The molecule has 4 nitrogen and oxygen atoms in total.